The molecule has 1 aromatic rings. The molecule has 60 valence electrons. The van der Waals surface area contributed by atoms with E-state index in [1.165, 1.54) is 10.9 Å². The first-order chi connectivity index (χ1) is 5.11. The van der Waals surface area contributed by atoms with E-state index in [0.29, 0.717) is 5.56 Å². The number of hydrogen-bond donors (Lipinski definition) is 2. The fraction of sp³-hybridized carbons (Fsp3) is 0.333. The average molecular weight is 155 g/mol. The molecule has 0 amide bonds. The Bertz CT molecular complexity index is 269. The Morgan fingerprint density at radius 2 is 2.55 bits per heavy atom. The molecule has 1 aromatic heterocycles. The Kier molecular flexibility index (Phi) is 1.91. The van der Waals surface area contributed by atoms with Crippen molar-refractivity contribution in [3.63, 3.8) is 0 Å². The minimum atomic E-state index is -1.04. The number of carboxylic acid groups (broad SMARTS) is 1. The van der Waals surface area contributed by atoms with Gasteiger partial charge in [0, 0.05) is 18.8 Å². The van der Waals surface area contributed by atoms with Crippen LogP contribution in [0.2, 0.25) is 0 Å². The van der Waals surface area contributed by atoms with Gasteiger partial charge in [0.1, 0.15) is 6.04 Å². The van der Waals surface area contributed by atoms with E-state index in [4.69, 9.17) is 10.8 Å². The molecule has 0 aliphatic carbocycles. The van der Waals surface area contributed by atoms with Crippen molar-refractivity contribution in [3.8, 4) is 0 Å². The third-order valence-corrected chi connectivity index (χ3v) is 1.35. The van der Waals surface area contributed by atoms with E-state index in [2.05, 4.69) is 5.10 Å². The van der Waals surface area contributed by atoms with Crippen molar-refractivity contribution >= 4 is 5.97 Å². The van der Waals surface area contributed by atoms with E-state index in [9.17, 15) is 4.79 Å². The molecular weight excluding hydrogens is 146 g/mol. The molecule has 0 saturated carbocycles. The number of carboxylic acids is 1. The molecule has 1 atom stereocenters. The average Bonchev–Trinajstić information content (AvgIpc) is 2.34. The third-order valence-electron chi connectivity index (χ3n) is 1.35. The van der Waals surface area contributed by atoms with Crippen LogP contribution in [0.25, 0.3) is 0 Å². The zero-order valence-electron chi connectivity index (χ0n) is 6.06. The monoisotopic (exact) mass is 155 g/mol. The lowest BCUT2D eigenvalue weighted by atomic mass is 10.2. The van der Waals surface area contributed by atoms with Gasteiger partial charge in [0.05, 0.1) is 6.20 Å². The number of nitrogens with zero attached hydrogens (tertiary/aromatic N) is 2. The molecule has 5 nitrogen and oxygen atoms in total. The smallest absolute Gasteiger partial charge is 0.325 e. The van der Waals surface area contributed by atoms with Crippen molar-refractivity contribution in [2.24, 2.45) is 12.8 Å². The zero-order chi connectivity index (χ0) is 8.43. The number of carbonyl (C=O) groups is 1. The maximum absolute atomic E-state index is 10.3. The fourth-order valence-electron chi connectivity index (χ4n) is 0.743. The standard InChI is InChI=1S/C6H9N3O2/c1-9-3-4(2-8-9)5(7)6(10)11/h2-3,5H,7H2,1H3,(H,10,11)/t5-/m0/s1. The van der Waals surface area contributed by atoms with Gasteiger partial charge >= 0.3 is 5.97 Å². The van der Waals surface area contributed by atoms with Crippen molar-refractivity contribution in [2.75, 3.05) is 0 Å². The Morgan fingerprint density at radius 3 is 2.91 bits per heavy atom. The Labute approximate surface area is 63.4 Å². The zero-order valence-corrected chi connectivity index (χ0v) is 6.06. The number of nitrogens with two attached hydrogens (primary N) is 1. The van der Waals surface area contributed by atoms with Crippen molar-refractivity contribution in [1.29, 1.82) is 0 Å². The van der Waals surface area contributed by atoms with Crippen LogP contribution in [0, 0.1) is 0 Å². The fourth-order valence-corrected chi connectivity index (χ4v) is 0.743. The number of rotatable bonds is 2. The van der Waals surface area contributed by atoms with E-state index in [0.717, 1.165) is 0 Å². The topological polar surface area (TPSA) is 81.1 Å². The Hall–Kier alpha value is -1.36. The highest BCUT2D eigenvalue weighted by Gasteiger charge is 2.14. The number of aliphatic carboxylic acids is 1. The summed E-state index contributed by atoms with van der Waals surface area (Å²) >= 11 is 0. The molecule has 0 spiro atoms. The number of aromatic nitrogens is 2. The van der Waals surface area contributed by atoms with Crippen LogP contribution in [-0.2, 0) is 11.8 Å². The van der Waals surface area contributed by atoms with Gasteiger partial charge in [-0.05, 0) is 0 Å². The lowest BCUT2D eigenvalue weighted by Crippen LogP contribution is -2.19. The van der Waals surface area contributed by atoms with Gasteiger partial charge in [-0.1, -0.05) is 0 Å². The van der Waals surface area contributed by atoms with Crippen LogP contribution in [0.3, 0.4) is 0 Å². The van der Waals surface area contributed by atoms with Gasteiger partial charge in [0.2, 0.25) is 0 Å². The summed E-state index contributed by atoms with van der Waals surface area (Å²) in [6, 6.07) is -0.969. The third kappa shape index (κ3) is 1.56. The highest BCUT2D eigenvalue weighted by Crippen LogP contribution is 2.07. The molecule has 11 heavy (non-hydrogen) atoms. The van der Waals surface area contributed by atoms with Gasteiger partial charge in [0.15, 0.2) is 0 Å². The van der Waals surface area contributed by atoms with Gasteiger partial charge in [-0.2, -0.15) is 5.10 Å². The van der Waals surface area contributed by atoms with E-state index < -0.39 is 12.0 Å². The molecule has 1 rings (SSSR count). The van der Waals surface area contributed by atoms with Crippen LogP contribution in [0.1, 0.15) is 11.6 Å². The van der Waals surface area contributed by atoms with Gasteiger partial charge < -0.3 is 10.8 Å². The van der Waals surface area contributed by atoms with Gasteiger partial charge in [0.25, 0.3) is 0 Å². The molecule has 5 heteroatoms. The summed E-state index contributed by atoms with van der Waals surface area (Å²) < 4.78 is 1.51. The lowest BCUT2D eigenvalue weighted by molar-refractivity contribution is -0.138. The maximum Gasteiger partial charge on any atom is 0.325 e. The summed E-state index contributed by atoms with van der Waals surface area (Å²) in [6.45, 7) is 0. The SMILES string of the molecule is Cn1cc([C@H](N)C(=O)O)cn1. The Balaban J connectivity index is 2.84. The predicted octanol–water partition coefficient (Wildman–Crippen LogP) is -0.496. The van der Waals surface area contributed by atoms with Gasteiger partial charge in [-0.25, -0.2) is 0 Å². The molecule has 0 fully saturated rings. The Morgan fingerprint density at radius 1 is 1.91 bits per heavy atom. The molecule has 0 aromatic carbocycles. The summed E-state index contributed by atoms with van der Waals surface area (Å²) in [4.78, 5) is 10.3. The largest absolute Gasteiger partial charge is 0.480 e. The van der Waals surface area contributed by atoms with E-state index in [1.54, 1.807) is 13.2 Å². The van der Waals surface area contributed by atoms with Gasteiger partial charge in [-0.3, -0.25) is 9.48 Å². The molecule has 0 saturated heterocycles. The normalized spacial score (nSPS) is 12.9. The van der Waals surface area contributed by atoms with Crippen molar-refractivity contribution in [3.05, 3.63) is 18.0 Å². The first-order valence-corrected chi connectivity index (χ1v) is 3.08. The second-order valence-electron chi connectivity index (χ2n) is 2.26. The van der Waals surface area contributed by atoms with E-state index in [-0.39, 0.29) is 0 Å². The summed E-state index contributed by atoms with van der Waals surface area (Å²) in [6.07, 6.45) is 3.03. The van der Waals surface area contributed by atoms with Crippen molar-refractivity contribution < 1.29 is 9.90 Å². The maximum atomic E-state index is 10.3. The molecule has 3 N–H and O–H groups in total. The quantitative estimate of drug-likeness (QED) is 0.603. The highest BCUT2D eigenvalue weighted by molar-refractivity contribution is 5.74. The molecule has 1 heterocycles. The summed E-state index contributed by atoms with van der Waals surface area (Å²) in [5, 5.41) is 12.3. The van der Waals surface area contributed by atoms with Crippen LogP contribution in [0.5, 0.6) is 0 Å². The van der Waals surface area contributed by atoms with Crippen LogP contribution in [0.4, 0.5) is 0 Å². The molecule has 0 unspecified atom stereocenters. The second kappa shape index (κ2) is 2.71. The highest BCUT2D eigenvalue weighted by atomic mass is 16.4. The van der Waals surface area contributed by atoms with Crippen LogP contribution in [-0.4, -0.2) is 20.9 Å². The molecule has 0 radical (unpaired) electrons. The van der Waals surface area contributed by atoms with Gasteiger partial charge in [-0.15, -0.1) is 0 Å². The summed E-state index contributed by atoms with van der Waals surface area (Å²) in [5.74, 6) is -1.04. The van der Waals surface area contributed by atoms with Crippen LogP contribution in [0.15, 0.2) is 12.4 Å². The predicted molar refractivity (Wildman–Crippen MR) is 37.8 cm³/mol. The molecular formula is C6H9N3O2. The minimum absolute atomic E-state index is 0.514. The summed E-state index contributed by atoms with van der Waals surface area (Å²) in [5.41, 5.74) is 5.81. The van der Waals surface area contributed by atoms with E-state index >= 15 is 0 Å². The molecule has 0 aliphatic rings. The van der Waals surface area contributed by atoms with Crippen LogP contribution >= 0.6 is 0 Å². The minimum Gasteiger partial charge on any atom is -0.480 e. The first kappa shape index (κ1) is 7.74. The second-order valence-corrected chi connectivity index (χ2v) is 2.26. The number of hydrogen-bond acceptors (Lipinski definition) is 3. The van der Waals surface area contributed by atoms with E-state index in [1.807, 2.05) is 0 Å². The molecule has 0 aliphatic heterocycles. The van der Waals surface area contributed by atoms with Crippen molar-refractivity contribution in [1.82, 2.24) is 9.78 Å². The first-order valence-electron chi connectivity index (χ1n) is 3.08. The van der Waals surface area contributed by atoms with Crippen LogP contribution < -0.4 is 5.73 Å². The van der Waals surface area contributed by atoms with Crippen molar-refractivity contribution in [2.45, 2.75) is 6.04 Å². The molecule has 0 bridgehead atoms. The lowest BCUT2D eigenvalue weighted by Gasteiger charge is -2.00. The number of aryl methyl sites for hydroxylation is 1. The summed E-state index contributed by atoms with van der Waals surface area (Å²) in [7, 11) is 1.71.